The van der Waals surface area contributed by atoms with Crippen molar-refractivity contribution in [2.75, 3.05) is 0 Å². The van der Waals surface area contributed by atoms with Crippen molar-refractivity contribution < 1.29 is 9.47 Å². The molecule has 0 radical (unpaired) electrons. The van der Waals surface area contributed by atoms with Crippen LogP contribution in [0.5, 0.6) is 0 Å². The molecule has 1 heterocycles. The Labute approximate surface area is 341 Å². The fourth-order valence-corrected chi connectivity index (χ4v) is 7.14. The van der Waals surface area contributed by atoms with Crippen LogP contribution >= 0.6 is 22.6 Å². The van der Waals surface area contributed by atoms with Crippen LogP contribution in [0.15, 0.2) is 133 Å². The molecule has 56 heavy (non-hydrogen) atoms. The lowest BCUT2D eigenvalue weighted by atomic mass is 9.87. The van der Waals surface area contributed by atoms with Crippen molar-refractivity contribution in [1.29, 1.82) is 21.6 Å². The predicted molar refractivity (Wildman–Crippen MR) is 239 cm³/mol. The number of rotatable bonds is 7. The van der Waals surface area contributed by atoms with Crippen LogP contribution in [0.4, 0.5) is 0 Å². The highest BCUT2D eigenvalue weighted by molar-refractivity contribution is 14.1. The Morgan fingerprint density at radius 2 is 0.750 bits per heavy atom. The molecule has 280 valence electrons. The molecular weight excluding hydrogens is 805 g/mol. The third-order valence-electron chi connectivity index (χ3n) is 10.2. The Morgan fingerprint density at radius 3 is 1.07 bits per heavy atom. The highest BCUT2D eigenvalue weighted by Crippen LogP contribution is 2.35. The Kier molecular flexibility index (Phi) is 10.3. The molecule has 0 aliphatic heterocycles. The highest BCUT2D eigenvalue weighted by atomic mass is 127. The van der Waals surface area contributed by atoms with Crippen LogP contribution in [0.1, 0.15) is 68.0 Å². The van der Waals surface area contributed by atoms with E-state index in [4.69, 9.17) is 31.1 Å². The van der Waals surface area contributed by atoms with Gasteiger partial charge >= 0.3 is 0 Å². The molecule has 7 rings (SSSR count). The number of benzene rings is 6. The molecule has 0 fully saturated rings. The van der Waals surface area contributed by atoms with E-state index >= 15 is 0 Å². The van der Waals surface area contributed by atoms with Gasteiger partial charge in [0, 0.05) is 54.5 Å². The molecule has 0 saturated carbocycles. The van der Waals surface area contributed by atoms with Gasteiger partial charge < -0.3 is 14.0 Å². The molecule has 0 aliphatic carbocycles. The fourth-order valence-electron chi connectivity index (χ4n) is 6.78. The van der Waals surface area contributed by atoms with Gasteiger partial charge in [-0.05, 0) is 125 Å². The molecule has 6 aromatic carbocycles. The number of ether oxygens (including phenoxy) is 2. The summed E-state index contributed by atoms with van der Waals surface area (Å²) in [5.74, 6) is -0.260. The lowest BCUT2D eigenvalue weighted by molar-refractivity contribution is 0.537. The standard InChI is InChI=1S/C48H44IN5O2/c1-47(2,3)37-21-15-33(16-22-37)45(52)55-43(50)31-11-7-29(8-12-31)35-19-25-41-39(27-35)40-28-36(20-26-42(40)54(41)6)30-9-13-32(14-10-30)44(51)56-46(53)34-17-23-38(24-18-34)48(4,5)49/h7-28,50-53H,1-6H3. The summed E-state index contributed by atoms with van der Waals surface area (Å²) < 4.78 is 13.5. The van der Waals surface area contributed by atoms with Crippen LogP contribution in [0, 0.1) is 21.6 Å². The second-order valence-corrected chi connectivity index (χ2v) is 18.3. The maximum absolute atomic E-state index is 8.54. The average Bonchev–Trinajstić information content (AvgIpc) is 3.47. The smallest absolute Gasteiger partial charge is 0.221 e. The van der Waals surface area contributed by atoms with Crippen molar-refractivity contribution in [2.24, 2.45) is 7.05 Å². The molecule has 7 aromatic rings. The van der Waals surface area contributed by atoms with E-state index in [1.54, 1.807) is 0 Å². The molecule has 8 heteroatoms. The van der Waals surface area contributed by atoms with Gasteiger partial charge in [-0.25, -0.2) is 0 Å². The van der Waals surface area contributed by atoms with E-state index in [0.717, 1.165) is 49.6 Å². The summed E-state index contributed by atoms with van der Waals surface area (Å²) in [5, 5.41) is 36.2. The number of nitrogens with zero attached hydrogens (tertiary/aromatic N) is 1. The van der Waals surface area contributed by atoms with Crippen molar-refractivity contribution in [3.05, 3.63) is 167 Å². The van der Waals surface area contributed by atoms with E-state index in [1.165, 1.54) is 5.56 Å². The Morgan fingerprint density at radius 1 is 0.446 bits per heavy atom. The van der Waals surface area contributed by atoms with Gasteiger partial charge in [-0.1, -0.05) is 104 Å². The van der Waals surface area contributed by atoms with Crippen molar-refractivity contribution in [3.63, 3.8) is 0 Å². The number of aromatic nitrogens is 1. The maximum Gasteiger partial charge on any atom is 0.221 e. The fraction of sp³-hybridized carbons (Fsp3) is 0.167. The lowest BCUT2D eigenvalue weighted by Crippen LogP contribution is -2.14. The Balaban J connectivity index is 1.06. The van der Waals surface area contributed by atoms with Gasteiger partial charge in [-0.3, -0.25) is 21.6 Å². The summed E-state index contributed by atoms with van der Waals surface area (Å²) >= 11 is 2.39. The molecule has 0 unspecified atom stereocenters. The molecule has 0 aliphatic rings. The molecule has 4 N–H and O–H groups in total. The molecule has 0 spiro atoms. The third-order valence-corrected chi connectivity index (χ3v) is 10.8. The summed E-state index contributed by atoms with van der Waals surface area (Å²) in [6, 6.07) is 43.8. The zero-order chi connectivity index (χ0) is 39.9. The monoisotopic (exact) mass is 849 g/mol. The molecule has 0 atom stereocenters. The average molecular weight is 850 g/mol. The van der Waals surface area contributed by atoms with E-state index in [2.05, 4.69) is 105 Å². The summed E-state index contributed by atoms with van der Waals surface area (Å²) in [6.07, 6.45) is 0. The molecular formula is C48H44IN5O2. The van der Waals surface area contributed by atoms with Gasteiger partial charge in [-0.2, -0.15) is 0 Å². The predicted octanol–water partition coefficient (Wildman–Crippen LogP) is 12.4. The first-order valence-electron chi connectivity index (χ1n) is 18.4. The van der Waals surface area contributed by atoms with Crippen LogP contribution in [0.25, 0.3) is 44.1 Å². The van der Waals surface area contributed by atoms with Crippen molar-refractivity contribution in [3.8, 4) is 22.3 Å². The van der Waals surface area contributed by atoms with Crippen LogP contribution in [0.3, 0.4) is 0 Å². The van der Waals surface area contributed by atoms with Gasteiger partial charge in [0.05, 0.1) is 0 Å². The van der Waals surface area contributed by atoms with Crippen molar-refractivity contribution in [2.45, 2.75) is 43.5 Å². The maximum atomic E-state index is 8.54. The summed E-state index contributed by atoms with van der Waals surface area (Å²) in [7, 11) is 2.08. The topological polar surface area (TPSA) is 119 Å². The highest BCUT2D eigenvalue weighted by Gasteiger charge is 2.18. The molecule has 0 saturated heterocycles. The zero-order valence-electron chi connectivity index (χ0n) is 32.3. The van der Waals surface area contributed by atoms with Crippen LogP contribution in [0.2, 0.25) is 0 Å². The Hall–Kier alpha value is -5.87. The third kappa shape index (κ3) is 7.93. The van der Waals surface area contributed by atoms with Crippen LogP contribution < -0.4 is 0 Å². The van der Waals surface area contributed by atoms with E-state index < -0.39 is 0 Å². The Bertz CT molecular complexity index is 2460. The minimum atomic E-state index is -0.0735. The van der Waals surface area contributed by atoms with Gasteiger partial charge in [0.1, 0.15) is 0 Å². The quantitative estimate of drug-likeness (QED) is 0.0553. The summed E-state index contributed by atoms with van der Waals surface area (Å²) in [4.78, 5) is 0. The first-order chi connectivity index (χ1) is 26.6. The number of fused-ring (bicyclic) bond motifs is 3. The number of aryl methyl sites for hydroxylation is 1. The van der Waals surface area contributed by atoms with Gasteiger partial charge in [-0.15, -0.1) is 0 Å². The molecule has 0 bridgehead atoms. The normalized spacial score (nSPS) is 11.8. The minimum Gasteiger partial charge on any atom is -0.421 e. The molecule has 7 nitrogen and oxygen atoms in total. The number of hydrogen-bond donors (Lipinski definition) is 4. The van der Waals surface area contributed by atoms with Crippen molar-refractivity contribution in [1.82, 2.24) is 4.57 Å². The number of alkyl halides is 1. The van der Waals surface area contributed by atoms with Gasteiger partial charge in [0.25, 0.3) is 0 Å². The van der Waals surface area contributed by atoms with Crippen LogP contribution in [-0.4, -0.2) is 28.2 Å². The lowest BCUT2D eigenvalue weighted by Gasteiger charge is -2.19. The first kappa shape index (κ1) is 38.4. The zero-order valence-corrected chi connectivity index (χ0v) is 34.5. The second-order valence-electron chi connectivity index (χ2n) is 15.6. The SMILES string of the molecule is Cn1c2ccc(-c3ccc(C(=N)OC(=N)c4ccc(C(C)(C)C)cc4)cc3)cc2c2cc(-c3ccc(C(=N)OC(=N)c4ccc(C(C)(C)I)cc4)cc3)ccc21. The van der Waals surface area contributed by atoms with Gasteiger partial charge in [0.15, 0.2) is 0 Å². The van der Waals surface area contributed by atoms with E-state index in [0.29, 0.717) is 22.3 Å². The number of hydrogen-bond acceptors (Lipinski definition) is 6. The first-order valence-corrected chi connectivity index (χ1v) is 19.5. The molecule has 1 aromatic heterocycles. The second kappa shape index (κ2) is 15.0. The minimum absolute atomic E-state index is 0.0132. The largest absolute Gasteiger partial charge is 0.421 e. The van der Waals surface area contributed by atoms with E-state index in [9.17, 15) is 0 Å². The number of halogens is 1. The van der Waals surface area contributed by atoms with Crippen LogP contribution in [-0.2, 0) is 25.4 Å². The van der Waals surface area contributed by atoms with E-state index in [-0.39, 0.29) is 32.4 Å². The van der Waals surface area contributed by atoms with Gasteiger partial charge in [0.2, 0.25) is 23.6 Å². The summed E-state index contributed by atoms with van der Waals surface area (Å²) in [5.41, 5.74) is 11.2. The van der Waals surface area contributed by atoms with E-state index in [1.807, 2.05) is 97.1 Å². The molecule has 0 amide bonds. The summed E-state index contributed by atoms with van der Waals surface area (Å²) in [6.45, 7) is 10.7. The number of nitrogens with one attached hydrogen (secondary N) is 4. The van der Waals surface area contributed by atoms with Crippen molar-refractivity contribution >= 4 is 68.0 Å².